The van der Waals surface area contributed by atoms with Gasteiger partial charge in [-0.05, 0) is 51.0 Å². The monoisotopic (exact) mass is 435 g/mol. The van der Waals surface area contributed by atoms with Gasteiger partial charge in [-0.25, -0.2) is 0 Å². The second-order valence-electron chi connectivity index (χ2n) is 6.76. The quantitative estimate of drug-likeness (QED) is 0.716. The predicted octanol–water partition coefficient (Wildman–Crippen LogP) is 3.38. The Bertz CT molecular complexity index is 942. The summed E-state index contributed by atoms with van der Waals surface area (Å²) in [7, 11) is 5.16. The average Bonchev–Trinajstić information content (AvgIpc) is 3.38. The molecule has 0 spiro atoms. The Hall–Kier alpha value is -3.37. The third-order valence-electron chi connectivity index (χ3n) is 4.35. The zero-order valence-electron chi connectivity index (χ0n) is 17.6. The SMILES string of the molecule is CN1CCCC1.COc1cc(C#Cc2[nH]nc(NCC(F)(F)F)c2C#N)cc(OC)c1. The highest BCUT2D eigenvalue weighted by molar-refractivity contribution is 5.60. The van der Waals surface area contributed by atoms with Gasteiger partial charge in [-0.3, -0.25) is 5.10 Å². The zero-order valence-corrected chi connectivity index (χ0v) is 17.6. The third kappa shape index (κ3) is 7.76. The molecule has 1 aromatic carbocycles. The molecule has 3 rings (SSSR count). The second kappa shape index (κ2) is 11.1. The van der Waals surface area contributed by atoms with Crippen molar-refractivity contribution in [3.05, 3.63) is 35.0 Å². The van der Waals surface area contributed by atoms with E-state index >= 15 is 0 Å². The van der Waals surface area contributed by atoms with Gasteiger partial charge in [-0.15, -0.1) is 0 Å². The lowest BCUT2D eigenvalue weighted by Crippen LogP contribution is -2.21. The van der Waals surface area contributed by atoms with Crippen molar-refractivity contribution in [3.63, 3.8) is 0 Å². The van der Waals surface area contributed by atoms with Crippen molar-refractivity contribution in [3.8, 4) is 29.4 Å². The third-order valence-corrected chi connectivity index (χ3v) is 4.35. The van der Waals surface area contributed by atoms with E-state index in [-0.39, 0.29) is 17.1 Å². The van der Waals surface area contributed by atoms with Crippen LogP contribution in [0.1, 0.15) is 29.7 Å². The van der Waals surface area contributed by atoms with E-state index in [2.05, 4.69) is 39.3 Å². The van der Waals surface area contributed by atoms with Gasteiger partial charge >= 0.3 is 6.18 Å². The molecule has 0 amide bonds. The minimum absolute atomic E-state index is 0.0911. The number of methoxy groups -OCH3 is 2. The summed E-state index contributed by atoms with van der Waals surface area (Å²) in [5.41, 5.74) is 0.556. The standard InChI is InChI=1S/C16H13F3N4O2.C5H11N/c1-24-11-5-10(6-12(7-11)25-2)3-4-14-13(8-20)15(23-22-14)21-9-16(17,18)19;1-6-4-2-3-5-6/h5-7H,9H2,1-2H3,(H2,21,22,23);2-5H2,1H3. The number of likely N-dealkylation sites (tertiary alicyclic amines) is 1. The van der Waals surface area contributed by atoms with Crippen molar-refractivity contribution < 1.29 is 22.6 Å². The first-order valence-corrected chi connectivity index (χ1v) is 9.48. The van der Waals surface area contributed by atoms with Crippen molar-refractivity contribution in [2.45, 2.75) is 19.0 Å². The maximum absolute atomic E-state index is 12.3. The molecule has 2 aromatic rings. The van der Waals surface area contributed by atoms with Crippen LogP contribution in [0.3, 0.4) is 0 Å². The lowest BCUT2D eigenvalue weighted by Gasteiger charge is -2.06. The molecule has 1 saturated heterocycles. The highest BCUT2D eigenvalue weighted by atomic mass is 19.4. The number of benzene rings is 1. The molecule has 10 heteroatoms. The van der Waals surface area contributed by atoms with E-state index in [1.165, 1.54) is 40.2 Å². The van der Waals surface area contributed by atoms with Gasteiger partial charge in [0, 0.05) is 11.6 Å². The van der Waals surface area contributed by atoms with Crippen LogP contribution in [0.5, 0.6) is 11.5 Å². The number of rotatable bonds is 4. The number of aromatic amines is 1. The van der Waals surface area contributed by atoms with Crippen LogP contribution in [0.4, 0.5) is 19.0 Å². The average molecular weight is 435 g/mol. The molecule has 2 heterocycles. The van der Waals surface area contributed by atoms with E-state index in [0.717, 1.165) is 0 Å². The number of H-pyrrole nitrogens is 1. The molecule has 0 saturated carbocycles. The molecule has 31 heavy (non-hydrogen) atoms. The smallest absolute Gasteiger partial charge is 0.405 e. The summed E-state index contributed by atoms with van der Waals surface area (Å²) in [5, 5.41) is 17.3. The van der Waals surface area contributed by atoms with Crippen LogP contribution in [0.25, 0.3) is 0 Å². The minimum atomic E-state index is -4.42. The Morgan fingerprint density at radius 2 is 1.74 bits per heavy atom. The molecule has 166 valence electrons. The summed E-state index contributed by atoms with van der Waals surface area (Å²) in [4.78, 5) is 2.36. The summed E-state index contributed by atoms with van der Waals surface area (Å²) in [6.45, 7) is 1.34. The van der Waals surface area contributed by atoms with Crippen molar-refractivity contribution >= 4 is 5.82 Å². The summed E-state index contributed by atoms with van der Waals surface area (Å²) < 4.78 is 47.0. The Morgan fingerprint density at radius 3 is 2.19 bits per heavy atom. The van der Waals surface area contributed by atoms with Gasteiger partial charge in [0.25, 0.3) is 0 Å². The van der Waals surface area contributed by atoms with Crippen molar-refractivity contribution in [2.75, 3.05) is 46.2 Å². The molecule has 0 atom stereocenters. The number of halogens is 3. The van der Waals surface area contributed by atoms with Crippen LogP contribution in [-0.2, 0) is 0 Å². The molecular weight excluding hydrogens is 411 g/mol. The highest BCUT2D eigenvalue weighted by Gasteiger charge is 2.28. The number of alkyl halides is 3. The van der Waals surface area contributed by atoms with Crippen LogP contribution in [-0.4, -0.2) is 62.2 Å². The number of hydrogen-bond acceptors (Lipinski definition) is 6. The molecular formula is C21H24F3N5O2. The molecule has 0 radical (unpaired) electrons. The largest absolute Gasteiger partial charge is 0.497 e. The van der Waals surface area contributed by atoms with E-state index in [1.54, 1.807) is 24.3 Å². The van der Waals surface area contributed by atoms with Gasteiger partial charge in [0.15, 0.2) is 5.82 Å². The maximum Gasteiger partial charge on any atom is 0.405 e. The summed E-state index contributed by atoms with van der Waals surface area (Å²) >= 11 is 0. The summed E-state index contributed by atoms with van der Waals surface area (Å²) in [6, 6.07) is 6.76. The Morgan fingerprint density at radius 1 is 1.13 bits per heavy atom. The Labute approximate surface area is 179 Å². The van der Waals surface area contributed by atoms with Crippen LogP contribution in [0.2, 0.25) is 0 Å². The fourth-order valence-electron chi connectivity index (χ4n) is 2.74. The fourth-order valence-corrected chi connectivity index (χ4v) is 2.74. The Balaban J connectivity index is 0.000000488. The zero-order chi connectivity index (χ0) is 22.9. The molecule has 1 aliphatic rings. The first-order chi connectivity index (χ1) is 14.8. The van der Waals surface area contributed by atoms with Gasteiger partial charge in [-0.2, -0.15) is 23.5 Å². The van der Waals surface area contributed by atoms with Gasteiger partial charge in [0.2, 0.25) is 0 Å². The number of anilines is 1. The molecule has 2 N–H and O–H groups in total. The first kappa shape index (κ1) is 23.9. The van der Waals surface area contributed by atoms with E-state index in [4.69, 9.17) is 14.7 Å². The van der Waals surface area contributed by atoms with E-state index < -0.39 is 12.7 Å². The molecule has 1 aromatic heterocycles. The summed E-state index contributed by atoms with van der Waals surface area (Å²) in [6.07, 6.45) is -1.60. The van der Waals surface area contributed by atoms with Crippen LogP contribution < -0.4 is 14.8 Å². The van der Waals surface area contributed by atoms with Gasteiger partial charge in [0.05, 0.1) is 14.2 Å². The van der Waals surface area contributed by atoms with E-state index in [0.29, 0.717) is 17.1 Å². The predicted molar refractivity (Wildman–Crippen MR) is 110 cm³/mol. The number of aromatic nitrogens is 2. The number of nitrogens with one attached hydrogen (secondary N) is 2. The van der Waals surface area contributed by atoms with E-state index in [1.807, 2.05) is 0 Å². The lowest BCUT2D eigenvalue weighted by molar-refractivity contribution is -0.115. The highest BCUT2D eigenvalue weighted by Crippen LogP contribution is 2.22. The topological polar surface area (TPSA) is 86.2 Å². The van der Waals surface area contributed by atoms with Crippen LogP contribution in [0.15, 0.2) is 18.2 Å². The van der Waals surface area contributed by atoms with Crippen LogP contribution >= 0.6 is 0 Å². The molecule has 0 unspecified atom stereocenters. The molecule has 0 bridgehead atoms. The fraction of sp³-hybridized carbons (Fsp3) is 0.429. The lowest BCUT2D eigenvalue weighted by atomic mass is 10.2. The number of hydrogen-bond donors (Lipinski definition) is 2. The van der Waals surface area contributed by atoms with E-state index in [9.17, 15) is 13.2 Å². The molecule has 0 aliphatic carbocycles. The Kier molecular flexibility index (Phi) is 8.59. The number of nitriles is 1. The number of ether oxygens (including phenoxy) is 2. The summed E-state index contributed by atoms with van der Waals surface area (Å²) in [5.74, 6) is 6.32. The minimum Gasteiger partial charge on any atom is -0.497 e. The number of nitrogens with zero attached hydrogens (tertiary/aromatic N) is 3. The normalized spacial score (nSPS) is 13.3. The van der Waals surface area contributed by atoms with Crippen molar-refractivity contribution in [1.82, 2.24) is 15.1 Å². The second-order valence-corrected chi connectivity index (χ2v) is 6.76. The molecule has 7 nitrogen and oxygen atoms in total. The molecule has 1 aliphatic heterocycles. The molecule has 1 fully saturated rings. The first-order valence-electron chi connectivity index (χ1n) is 9.48. The van der Waals surface area contributed by atoms with Crippen molar-refractivity contribution in [2.24, 2.45) is 0 Å². The van der Waals surface area contributed by atoms with Gasteiger partial charge in [0.1, 0.15) is 35.4 Å². The van der Waals surface area contributed by atoms with Gasteiger partial charge < -0.3 is 19.7 Å². The van der Waals surface area contributed by atoms with Crippen molar-refractivity contribution in [1.29, 1.82) is 5.26 Å². The maximum atomic E-state index is 12.3. The van der Waals surface area contributed by atoms with Crippen LogP contribution in [0, 0.1) is 23.2 Å². The van der Waals surface area contributed by atoms with Gasteiger partial charge in [-0.1, -0.05) is 5.92 Å².